The van der Waals surface area contributed by atoms with E-state index in [1.807, 2.05) is 29.0 Å². The molecule has 188 valence electrons. The number of nitrogens with one attached hydrogen (secondary N) is 2. The molecule has 2 aliphatic rings. The standard InChI is InChI=1S/C25H29N7O4/c1-26-22-10-18(29-24-15(11-28-32(22)24)25(34)30-17-5-6-21(17)35-2)16-12-31(19-7-9-36-13-20(19)33)23-14(16)4-3-8-27-23/h3-4,8,10-12,17,19-21,26,33H,5-7,9,13H2,1-2H3,(H,30,34)/t17-,19+,20+,21-/m1/s1. The minimum Gasteiger partial charge on any atom is -0.389 e. The van der Waals surface area contributed by atoms with Crippen molar-refractivity contribution in [1.82, 2.24) is 29.5 Å². The van der Waals surface area contributed by atoms with E-state index in [0.29, 0.717) is 42.4 Å². The lowest BCUT2D eigenvalue weighted by Crippen LogP contribution is -2.51. The summed E-state index contributed by atoms with van der Waals surface area (Å²) in [6, 6.07) is 5.62. The van der Waals surface area contributed by atoms with Crippen molar-refractivity contribution in [3.63, 3.8) is 0 Å². The molecule has 3 N–H and O–H groups in total. The largest absolute Gasteiger partial charge is 0.389 e. The van der Waals surface area contributed by atoms with Crippen molar-refractivity contribution in [2.75, 3.05) is 32.7 Å². The van der Waals surface area contributed by atoms with Crippen LogP contribution in [0.4, 0.5) is 5.82 Å². The Morgan fingerprint density at radius 3 is 2.92 bits per heavy atom. The number of carbonyl (C=O) groups is 1. The number of rotatable bonds is 6. The van der Waals surface area contributed by atoms with E-state index >= 15 is 0 Å². The van der Waals surface area contributed by atoms with E-state index in [1.165, 1.54) is 0 Å². The number of hydrogen-bond acceptors (Lipinski definition) is 8. The van der Waals surface area contributed by atoms with E-state index in [9.17, 15) is 9.90 Å². The van der Waals surface area contributed by atoms with Crippen molar-refractivity contribution in [3.05, 3.63) is 42.4 Å². The second-order valence-electron chi connectivity index (χ2n) is 9.32. The Morgan fingerprint density at radius 2 is 2.17 bits per heavy atom. The summed E-state index contributed by atoms with van der Waals surface area (Å²) >= 11 is 0. The highest BCUT2D eigenvalue weighted by atomic mass is 16.5. The first-order valence-electron chi connectivity index (χ1n) is 12.2. The molecule has 6 rings (SSSR count). The second kappa shape index (κ2) is 9.16. The maximum Gasteiger partial charge on any atom is 0.257 e. The quantitative estimate of drug-likeness (QED) is 0.374. The molecule has 36 heavy (non-hydrogen) atoms. The first-order valence-corrected chi connectivity index (χ1v) is 12.2. The number of carbonyl (C=O) groups excluding carboxylic acids is 1. The summed E-state index contributed by atoms with van der Waals surface area (Å²) < 4.78 is 14.5. The van der Waals surface area contributed by atoms with Crippen LogP contribution in [0.25, 0.3) is 27.9 Å². The third kappa shape index (κ3) is 3.71. The minimum atomic E-state index is -0.625. The van der Waals surface area contributed by atoms with Gasteiger partial charge < -0.3 is 29.8 Å². The van der Waals surface area contributed by atoms with E-state index in [-0.39, 0.29) is 24.1 Å². The number of ether oxygens (including phenoxy) is 2. The average Bonchev–Trinajstić information content (AvgIpc) is 3.49. The molecule has 0 spiro atoms. The Morgan fingerprint density at radius 1 is 1.28 bits per heavy atom. The van der Waals surface area contributed by atoms with Gasteiger partial charge in [-0.15, -0.1) is 0 Å². The first kappa shape index (κ1) is 22.9. The number of amides is 1. The van der Waals surface area contributed by atoms with Gasteiger partial charge >= 0.3 is 0 Å². The highest BCUT2D eigenvalue weighted by Gasteiger charge is 2.33. The predicted octanol–water partition coefficient (Wildman–Crippen LogP) is 2.02. The summed E-state index contributed by atoms with van der Waals surface area (Å²) in [6.07, 6.45) is 7.19. The molecule has 1 saturated heterocycles. The molecule has 0 radical (unpaired) electrons. The van der Waals surface area contributed by atoms with Crippen LogP contribution in [0.5, 0.6) is 0 Å². The Hall–Kier alpha value is -3.54. The Bertz CT molecular complexity index is 1430. The molecular weight excluding hydrogens is 462 g/mol. The molecule has 4 atom stereocenters. The molecule has 0 bridgehead atoms. The molecule has 1 amide bonds. The normalized spacial score (nSPS) is 24.1. The van der Waals surface area contributed by atoms with Gasteiger partial charge in [0.1, 0.15) is 17.0 Å². The summed E-state index contributed by atoms with van der Waals surface area (Å²) in [5.41, 5.74) is 3.17. The number of pyridine rings is 1. The third-order valence-electron chi connectivity index (χ3n) is 7.32. The lowest BCUT2D eigenvalue weighted by Gasteiger charge is -2.35. The number of nitrogens with zero attached hydrogens (tertiary/aromatic N) is 5. The van der Waals surface area contributed by atoms with Gasteiger partial charge in [0.15, 0.2) is 5.65 Å². The molecule has 1 saturated carbocycles. The first-order chi connectivity index (χ1) is 17.6. The zero-order chi connectivity index (χ0) is 24.8. The average molecular weight is 492 g/mol. The van der Waals surface area contributed by atoms with E-state index < -0.39 is 6.10 Å². The van der Waals surface area contributed by atoms with Crippen LogP contribution in [0.3, 0.4) is 0 Å². The van der Waals surface area contributed by atoms with Crippen molar-refractivity contribution in [2.45, 2.75) is 43.6 Å². The van der Waals surface area contributed by atoms with Gasteiger partial charge in [-0.3, -0.25) is 4.79 Å². The molecule has 1 aliphatic heterocycles. The van der Waals surface area contributed by atoms with Crippen LogP contribution in [0.15, 0.2) is 36.8 Å². The summed E-state index contributed by atoms with van der Waals surface area (Å²) in [7, 11) is 3.47. The van der Waals surface area contributed by atoms with Crippen LogP contribution >= 0.6 is 0 Å². The smallest absolute Gasteiger partial charge is 0.257 e. The summed E-state index contributed by atoms with van der Waals surface area (Å²) in [5, 5.41) is 22.2. The molecule has 4 aromatic rings. The zero-order valence-corrected chi connectivity index (χ0v) is 20.2. The van der Waals surface area contributed by atoms with E-state index in [4.69, 9.17) is 14.5 Å². The molecule has 11 heteroatoms. The van der Waals surface area contributed by atoms with E-state index in [1.54, 1.807) is 31.1 Å². The number of aromatic nitrogens is 5. The monoisotopic (exact) mass is 491 g/mol. The van der Waals surface area contributed by atoms with Gasteiger partial charge in [0, 0.05) is 50.2 Å². The molecule has 4 aromatic heterocycles. The fourth-order valence-electron chi connectivity index (χ4n) is 5.18. The summed E-state index contributed by atoms with van der Waals surface area (Å²) in [5.74, 6) is 0.473. The van der Waals surface area contributed by atoms with Crippen LogP contribution in [0, 0.1) is 0 Å². The van der Waals surface area contributed by atoms with Gasteiger partial charge in [-0.2, -0.15) is 9.61 Å². The fraction of sp³-hybridized carbons (Fsp3) is 0.440. The molecule has 11 nitrogen and oxygen atoms in total. The molecule has 0 unspecified atom stereocenters. The van der Waals surface area contributed by atoms with Gasteiger partial charge in [-0.1, -0.05) is 0 Å². The van der Waals surface area contributed by atoms with E-state index in [0.717, 1.165) is 29.4 Å². The van der Waals surface area contributed by atoms with Crippen LogP contribution in [0.2, 0.25) is 0 Å². The van der Waals surface area contributed by atoms with Gasteiger partial charge in [-0.25, -0.2) is 9.97 Å². The maximum absolute atomic E-state index is 13.2. The zero-order valence-electron chi connectivity index (χ0n) is 20.2. The highest BCUT2D eigenvalue weighted by Crippen LogP contribution is 2.35. The number of methoxy groups -OCH3 is 1. The van der Waals surface area contributed by atoms with Crippen LogP contribution in [0.1, 0.15) is 35.7 Å². The number of aliphatic hydroxyl groups is 1. The molecule has 1 aliphatic carbocycles. The Balaban J connectivity index is 1.45. The molecule has 5 heterocycles. The number of fused-ring (bicyclic) bond motifs is 2. The highest BCUT2D eigenvalue weighted by molar-refractivity contribution is 6.01. The van der Waals surface area contributed by atoms with Crippen LogP contribution in [-0.4, -0.2) is 80.8 Å². The van der Waals surface area contributed by atoms with Crippen molar-refractivity contribution in [2.24, 2.45) is 0 Å². The molecular formula is C25H29N7O4. The van der Waals surface area contributed by atoms with Crippen LogP contribution < -0.4 is 10.6 Å². The second-order valence-corrected chi connectivity index (χ2v) is 9.32. The number of hydrogen-bond donors (Lipinski definition) is 3. The Labute approximate surface area is 207 Å². The maximum atomic E-state index is 13.2. The summed E-state index contributed by atoms with van der Waals surface area (Å²) in [4.78, 5) is 22.7. The van der Waals surface area contributed by atoms with Crippen molar-refractivity contribution in [1.29, 1.82) is 0 Å². The lowest BCUT2D eigenvalue weighted by atomic mass is 9.89. The lowest BCUT2D eigenvalue weighted by molar-refractivity contribution is -0.0375. The SMILES string of the molecule is CNc1cc(-c2cn([C@H]3CCOC[C@@H]3O)c3ncccc23)nc2c(C(=O)N[C@@H]3CC[C@H]3OC)cnn12. The van der Waals surface area contributed by atoms with Crippen molar-refractivity contribution < 1.29 is 19.4 Å². The molecule has 2 fully saturated rings. The Kier molecular flexibility index (Phi) is 5.82. The summed E-state index contributed by atoms with van der Waals surface area (Å²) in [6.45, 7) is 0.872. The third-order valence-corrected chi connectivity index (χ3v) is 7.32. The number of anilines is 1. The van der Waals surface area contributed by atoms with Crippen molar-refractivity contribution in [3.8, 4) is 11.3 Å². The van der Waals surface area contributed by atoms with E-state index in [2.05, 4.69) is 20.7 Å². The predicted molar refractivity (Wildman–Crippen MR) is 133 cm³/mol. The van der Waals surface area contributed by atoms with Crippen LogP contribution in [-0.2, 0) is 9.47 Å². The van der Waals surface area contributed by atoms with Gasteiger partial charge in [0.25, 0.3) is 5.91 Å². The fourth-order valence-corrected chi connectivity index (χ4v) is 5.18. The topological polar surface area (TPSA) is 128 Å². The van der Waals surface area contributed by atoms with Gasteiger partial charge in [0.05, 0.1) is 42.8 Å². The van der Waals surface area contributed by atoms with Crippen molar-refractivity contribution >= 4 is 28.4 Å². The van der Waals surface area contributed by atoms with Gasteiger partial charge in [-0.05, 0) is 31.4 Å². The minimum absolute atomic E-state index is 0.0145. The van der Waals surface area contributed by atoms with Gasteiger partial charge in [0.2, 0.25) is 0 Å². The molecule has 0 aromatic carbocycles. The number of aliphatic hydroxyl groups excluding tert-OH is 1.